The van der Waals surface area contributed by atoms with Crippen molar-refractivity contribution in [3.8, 4) is 11.4 Å². The molecular formula is C24H26ClFN6O3S. The molecule has 0 aromatic carbocycles. The van der Waals surface area contributed by atoms with Crippen LogP contribution in [0.1, 0.15) is 39.0 Å². The number of hydrogen-bond donors (Lipinski definition) is 3. The molecule has 3 aromatic heterocycles. The number of pyridine rings is 1. The summed E-state index contributed by atoms with van der Waals surface area (Å²) < 4.78 is 42.1. The number of hydrogen-bond acceptors (Lipinski definition) is 8. The van der Waals surface area contributed by atoms with Gasteiger partial charge < -0.3 is 10.5 Å². The van der Waals surface area contributed by atoms with Gasteiger partial charge in [-0.15, -0.1) is 0 Å². The zero-order valence-electron chi connectivity index (χ0n) is 19.5. The normalized spacial score (nSPS) is 24.6. The first-order valence-corrected chi connectivity index (χ1v) is 13.5. The SMILES string of the molecule is CC1(S(=O)(=O)n2cc(-c3ncc(F)c(N[C@H]4CCC[C@@H](NO)C4)n3)c3cccnc32)C=C(Cl)C=CC1. The van der Waals surface area contributed by atoms with Gasteiger partial charge in [0.25, 0.3) is 0 Å². The molecule has 0 spiro atoms. The first-order valence-electron chi connectivity index (χ1n) is 11.7. The third-order valence-corrected chi connectivity index (χ3v) is 9.30. The van der Waals surface area contributed by atoms with Crippen LogP contribution in [0.4, 0.5) is 10.2 Å². The lowest BCUT2D eigenvalue weighted by molar-refractivity contribution is 0.104. The molecule has 1 unspecified atom stereocenters. The van der Waals surface area contributed by atoms with E-state index in [2.05, 4.69) is 25.7 Å². The largest absolute Gasteiger partial charge is 0.365 e. The number of anilines is 1. The van der Waals surface area contributed by atoms with E-state index < -0.39 is 20.6 Å². The zero-order valence-corrected chi connectivity index (χ0v) is 21.1. The molecule has 9 nitrogen and oxygen atoms in total. The summed E-state index contributed by atoms with van der Waals surface area (Å²) in [6, 6.07) is 3.26. The number of nitrogens with zero attached hydrogens (tertiary/aromatic N) is 4. The van der Waals surface area contributed by atoms with Crippen LogP contribution in [0.5, 0.6) is 0 Å². The predicted octanol–water partition coefficient (Wildman–Crippen LogP) is 4.35. The van der Waals surface area contributed by atoms with Crippen LogP contribution in [0.2, 0.25) is 0 Å². The van der Waals surface area contributed by atoms with Gasteiger partial charge in [0.1, 0.15) is 4.75 Å². The van der Waals surface area contributed by atoms with Crippen LogP contribution < -0.4 is 10.8 Å². The highest BCUT2D eigenvalue weighted by atomic mass is 35.5. The maximum atomic E-state index is 14.7. The summed E-state index contributed by atoms with van der Waals surface area (Å²) in [5.74, 6) is -0.426. The molecule has 36 heavy (non-hydrogen) atoms. The van der Waals surface area contributed by atoms with E-state index in [1.54, 1.807) is 31.2 Å². The van der Waals surface area contributed by atoms with E-state index in [1.165, 1.54) is 18.5 Å². The van der Waals surface area contributed by atoms with E-state index in [1.807, 2.05) is 0 Å². The number of allylic oxidation sites excluding steroid dienone is 3. The molecule has 5 rings (SSSR count). The molecule has 1 fully saturated rings. The average Bonchev–Trinajstić information content (AvgIpc) is 3.26. The number of hydroxylamine groups is 1. The first-order chi connectivity index (χ1) is 17.2. The van der Waals surface area contributed by atoms with E-state index in [4.69, 9.17) is 11.6 Å². The molecule has 2 aliphatic rings. The fourth-order valence-electron chi connectivity index (χ4n) is 4.83. The Labute approximate surface area is 213 Å². The standard InChI is InChI=1S/C24H26ClFN6O3S/c1-24(9-3-5-15(25)12-24)36(34,35)32-14-19(18-8-4-10-27-23(18)32)21-28-13-20(26)22(30-21)29-16-6-2-7-17(11-16)31-33/h3-5,8,10,12-14,16-17,31,33H,2,6-7,9,11H2,1H3,(H,28,29,30)/t16-,17+,24?/m0/s1. The second kappa shape index (κ2) is 9.55. The zero-order chi connectivity index (χ0) is 25.5. The fourth-order valence-corrected chi connectivity index (χ4v) is 6.87. The van der Waals surface area contributed by atoms with Gasteiger partial charge >= 0.3 is 0 Å². The van der Waals surface area contributed by atoms with Gasteiger partial charge in [-0.1, -0.05) is 17.7 Å². The van der Waals surface area contributed by atoms with Crippen molar-refractivity contribution in [3.63, 3.8) is 0 Å². The van der Waals surface area contributed by atoms with Gasteiger partial charge in [-0.05, 0) is 63.3 Å². The van der Waals surface area contributed by atoms with E-state index in [9.17, 15) is 18.0 Å². The van der Waals surface area contributed by atoms with Gasteiger partial charge in [0, 0.05) is 40.5 Å². The Kier molecular flexibility index (Phi) is 6.58. The fraction of sp³-hybridized carbons (Fsp3) is 0.375. The van der Waals surface area contributed by atoms with E-state index in [0.717, 1.165) is 29.4 Å². The van der Waals surface area contributed by atoms with E-state index in [0.29, 0.717) is 22.4 Å². The highest BCUT2D eigenvalue weighted by Gasteiger charge is 2.40. The molecule has 3 heterocycles. The number of aromatic nitrogens is 4. The second-order valence-corrected chi connectivity index (χ2v) is 12.1. The van der Waals surface area contributed by atoms with Crippen LogP contribution in [0.15, 0.2) is 54.0 Å². The molecule has 12 heteroatoms. The van der Waals surface area contributed by atoms with Crippen LogP contribution in [0.25, 0.3) is 22.4 Å². The summed E-state index contributed by atoms with van der Waals surface area (Å²) in [6.45, 7) is 1.61. The Bertz CT molecular complexity index is 1470. The van der Waals surface area contributed by atoms with Gasteiger partial charge in [-0.25, -0.2) is 37.2 Å². The van der Waals surface area contributed by atoms with Gasteiger partial charge in [-0.2, -0.15) is 0 Å². The lowest BCUT2D eigenvalue weighted by atomic mass is 9.91. The lowest BCUT2D eigenvalue weighted by Crippen LogP contribution is -2.38. The minimum atomic E-state index is -3.99. The number of fused-ring (bicyclic) bond motifs is 1. The third kappa shape index (κ3) is 4.40. The van der Waals surface area contributed by atoms with Crippen LogP contribution in [0.3, 0.4) is 0 Å². The highest BCUT2D eigenvalue weighted by molar-refractivity contribution is 7.91. The van der Waals surface area contributed by atoms with Gasteiger partial charge in [0.2, 0.25) is 10.0 Å². The molecule has 3 aromatic rings. The van der Waals surface area contributed by atoms with Crippen molar-refractivity contribution in [3.05, 3.63) is 59.8 Å². The number of nitrogens with one attached hydrogen (secondary N) is 2. The van der Waals surface area contributed by atoms with E-state index in [-0.39, 0.29) is 35.8 Å². The smallest absolute Gasteiger partial charge is 0.249 e. The molecular weight excluding hydrogens is 507 g/mol. The molecule has 0 aliphatic heterocycles. The third-order valence-electron chi connectivity index (χ3n) is 6.81. The molecule has 0 radical (unpaired) electrons. The summed E-state index contributed by atoms with van der Waals surface area (Å²) in [6.07, 6.45) is 12.3. The Hall–Kier alpha value is -2.86. The van der Waals surface area contributed by atoms with Gasteiger partial charge in [0.05, 0.1) is 6.20 Å². The Morgan fingerprint density at radius 1 is 1.28 bits per heavy atom. The van der Waals surface area contributed by atoms with Gasteiger partial charge in [-0.3, -0.25) is 0 Å². The van der Waals surface area contributed by atoms with Crippen molar-refractivity contribution < 1.29 is 18.0 Å². The maximum Gasteiger partial charge on any atom is 0.249 e. The molecule has 0 amide bonds. The lowest BCUT2D eigenvalue weighted by Gasteiger charge is -2.29. The van der Waals surface area contributed by atoms with Crippen molar-refractivity contribution in [1.82, 2.24) is 24.4 Å². The van der Waals surface area contributed by atoms with Crippen LogP contribution in [0, 0.1) is 5.82 Å². The van der Waals surface area contributed by atoms with Crippen molar-refractivity contribution in [2.45, 2.75) is 55.9 Å². The second-order valence-electron chi connectivity index (χ2n) is 9.39. The van der Waals surface area contributed by atoms with Crippen LogP contribution in [-0.2, 0) is 10.0 Å². The molecule has 2 aliphatic carbocycles. The van der Waals surface area contributed by atoms with Crippen molar-refractivity contribution in [1.29, 1.82) is 0 Å². The Balaban J connectivity index is 1.56. The van der Waals surface area contributed by atoms with Crippen LogP contribution >= 0.6 is 11.6 Å². The minimum absolute atomic E-state index is 0.0235. The quantitative estimate of drug-likeness (QED) is 0.400. The molecule has 3 N–H and O–H groups in total. The summed E-state index contributed by atoms with van der Waals surface area (Å²) in [5, 5.41) is 13.3. The van der Waals surface area contributed by atoms with Crippen LogP contribution in [-0.4, -0.2) is 49.4 Å². The van der Waals surface area contributed by atoms with Crippen molar-refractivity contribution in [2.75, 3.05) is 5.32 Å². The minimum Gasteiger partial charge on any atom is -0.365 e. The Morgan fingerprint density at radius 3 is 2.86 bits per heavy atom. The molecule has 0 saturated heterocycles. The highest BCUT2D eigenvalue weighted by Crippen LogP contribution is 2.36. The Morgan fingerprint density at radius 2 is 2.08 bits per heavy atom. The summed E-state index contributed by atoms with van der Waals surface area (Å²) >= 11 is 6.15. The number of rotatable bonds is 6. The summed E-state index contributed by atoms with van der Waals surface area (Å²) in [5.41, 5.74) is 2.92. The molecule has 3 atom stereocenters. The van der Waals surface area contributed by atoms with Crippen molar-refractivity contribution in [2.24, 2.45) is 0 Å². The molecule has 190 valence electrons. The number of halogens is 2. The van der Waals surface area contributed by atoms with Crippen molar-refractivity contribution >= 4 is 38.5 Å². The molecule has 0 bridgehead atoms. The summed E-state index contributed by atoms with van der Waals surface area (Å²) in [4.78, 5) is 12.9. The predicted molar refractivity (Wildman–Crippen MR) is 136 cm³/mol. The summed E-state index contributed by atoms with van der Waals surface area (Å²) in [7, 11) is -3.99. The molecule has 1 saturated carbocycles. The monoisotopic (exact) mass is 532 g/mol. The van der Waals surface area contributed by atoms with E-state index >= 15 is 0 Å². The first kappa shape index (κ1) is 24.8. The topological polar surface area (TPSA) is 122 Å². The maximum absolute atomic E-state index is 14.7. The average molecular weight is 533 g/mol. The van der Waals surface area contributed by atoms with Gasteiger partial charge in [0.15, 0.2) is 23.1 Å².